The molecule has 0 radical (unpaired) electrons. The van der Waals surface area contributed by atoms with E-state index in [1.54, 1.807) is 26.2 Å². The average Bonchev–Trinajstić information content (AvgIpc) is 2.99. The van der Waals surface area contributed by atoms with Crippen LogP contribution in [0, 0.1) is 17.7 Å². The number of likely N-dealkylation sites (N-methyl/N-ethyl adjacent to an activating group) is 1. The molecule has 0 heterocycles. The molecule has 0 unspecified atom stereocenters. The van der Waals surface area contributed by atoms with E-state index in [4.69, 9.17) is 5.73 Å². The van der Waals surface area contributed by atoms with Crippen LogP contribution >= 0.6 is 0 Å². The maximum atomic E-state index is 14.0. The summed E-state index contributed by atoms with van der Waals surface area (Å²) < 4.78 is 13.5. The van der Waals surface area contributed by atoms with Crippen molar-refractivity contribution in [1.82, 2.24) is 10.2 Å². The SMILES string of the molecule is CN(C)[C@H]1C(O)=C(C(N)=O)C(=O)[C@@]2(O)C(O)=C3C(=O)c4c(O)ccc(-c5ccc(CNCc6cccc(F)c6)cc5)c4C[C@H]3C[C@@H]12. The Hall–Kier alpha value is -4.84. The minimum absolute atomic E-state index is 0.0107. The molecule has 3 aliphatic rings. The molecule has 3 aromatic rings. The maximum Gasteiger partial charge on any atom is 0.255 e. The van der Waals surface area contributed by atoms with Gasteiger partial charge < -0.3 is 31.5 Å². The van der Waals surface area contributed by atoms with Crippen molar-refractivity contribution in [2.24, 2.45) is 17.6 Å². The molecule has 7 N–H and O–H groups in total. The normalized spacial score (nSPS) is 24.2. The Balaban J connectivity index is 1.34. The number of amides is 1. The number of carbonyl (C=O) groups excluding carboxylic acids is 3. The number of carbonyl (C=O) groups is 3. The highest BCUT2D eigenvalue weighted by Crippen LogP contribution is 2.53. The number of halogens is 1. The van der Waals surface area contributed by atoms with E-state index in [0.29, 0.717) is 24.2 Å². The monoisotopic (exact) mass is 627 g/mol. The molecule has 0 fully saturated rings. The first-order valence-electron chi connectivity index (χ1n) is 14.9. The molecule has 0 bridgehead atoms. The molecule has 0 spiro atoms. The van der Waals surface area contributed by atoms with Gasteiger partial charge in [0, 0.05) is 24.6 Å². The highest BCUT2D eigenvalue weighted by molar-refractivity contribution is 6.24. The summed E-state index contributed by atoms with van der Waals surface area (Å²) in [4.78, 5) is 41.2. The molecule has 11 heteroatoms. The summed E-state index contributed by atoms with van der Waals surface area (Å²) >= 11 is 0. The number of allylic oxidation sites excluding steroid dienone is 1. The van der Waals surface area contributed by atoms with Gasteiger partial charge in [0.15, 0.2) is 11.4 Å². The summed E-state index contributed by atoms with van der Waals surface area (Å²) in [5.74, 6) is -7.15. The minimum atomic E-state index is -2.68. The number of hydrogen-bond donors (Lipinski definition) is 6. The third-order valence-electron chi connectivity index (χ3n) is 9.42. The van der Waals surface area contributed by atoms with Crippen molar-refractivity contribution in [2.45, 2.75) is 37.6 Å². The van der Waals surface area contributed by atoms with Crippen LogP contribution in [0.15, 0.2) is 83.3 Å². The van der Waals surface area contributed by atoms with Gasteiger partial charge in [-0.1, -0.05) is 42.5 Å². The predicted molar refractivity (Wildman–Crippen MR) is 166 cm³/mol. The second-order valence-electron chi connectivity index (χ2n) is 12.4. The zero-order valence-corrected chi connectivity index (χ0v) is 25.3. The molecular weight excluding hydrogens is 593 g/mol. The first kappa shape index (κ1) is 31.2. The van der Waals surface area contributed by atoms with Crippen molar-refractivity contribution in [2.75, 3.05) is 14.1 Å². The number of benzene rings is 3. The van der Waals surface area contributed by atoms with Crippen molar-refractivity contribution in [1.29, 1.82) is 0 Å². The van der Waals surface area contributed by atoms with Crippen molar-refractivity contribution >= 4 is 17.5 Å². The molecule has 0 saturated heterocycles. The lowest BCUT2D eigenvalue weighted by Crippen LogP contribution is -2.63. The Labute approximate surface area is 264 Å². The van der Waals surface area contributed by atoms with Crippen molar-refractivity contribution in [3.8, 4) is 16.9 Å². The van der Waals surface area contributed by atoms with Gasteiger partial charge in [-0.15, -0.1) is 0 Å². The number of ketones is 2. The minimum Gasteiger partial charge on any atom is -0.510 e. The molecule has 3 aliphatic carbocycles. The van der Waals surface area contributed by atoms with Gasteiger partial charge in [-0.3, -0.25) is 19.3 Å². The van der Waals surface area contributed by atoms with Gasteiger partial charge >= 0.3 is 0 Å². The van der Waals surface area contributed by atoms with Gasteiger partial charge in [0.1, 0.15) is 28.7 Å². The zero-order chi connectivity index (χ0) is 33.1. The van der Waals surface area contributed by atoms with Gasteiger partial charge in [0.05, 0.1) is 11.6 Å². The lowest BCUT2D eigenvalue weighted by atomic mass is 9.58. The number of nitrogens with zero attached hydrogens (tertiary/aromatic N) is 1. The molecule has 4 atom stereocenters. The molecule has 0 saturated carbocycles. The van der Waals surface area contributed by atoms with E-state index in [9.17, 15) is 39.2 Å². The predicted octanol–water partition coefficient (Wildman–Crippen LogP) is 3.22. The van der Waals surface area contributed by atoms with E-state index in [2.05, 4.69) is 5.32 Å². The van der Waals surface area contributed by atoms with Crippen LogP contribution in [-0.4, -0.2) is 68.5 Å². The van der Waals surface area contributed by atoms with Crippen molar-refractivity contribution < 1.29 is 39.2 Å². The van der Waals surface area contributed by atoms with Crippen LogP contribution in [0.2, 0.25) is 0 Å². The number of phenols is 1. The van der Waals surface area contributed by atoms with Crippen molar-refractivity contribution in [3.05, 3.63) is 111 Å². The van der Waals surface area contributed by atoms with Crippen LogP contribution in [0.5, 0.6) is 5.75 Å². The number of nitrogens with two attached hydrogens (primary N) is 1. The topological polar surface area (TPSA) is 173 Å². The molecular formula is C35H34FN3O7. The molecule has 0 aromatic heterocycles. The van der Waals surface area contributed by atoms with E-state index < -0.39 is 58.0 Å². The molecule has 10 nitrogen and oxygen atoms in total. The van der Waals surface area contributed by atoms with Crippen LogP contribution in [0.3, 0.4) is 0 Å². The fourth-order valence-electron chi connectivity index (χ4n) is 7.32. The number of Topliss-reactive ketones (excluding diaryl/α,β-unsaturated/α-hetero) is 2. The van der Waals surface area contributed by atoms with Crippen LogP contribution in [0.4, 0.5) is 4.39 Å². The highest BCUT2D eigenvalue weighted by Gasteiger charge is 2.63. The summed E-state index contributed by atoms with van der Waals surface area (Å²) in [5.41, 5.74) is 5.46. The zero-order valence-electron chi connectivity index (χ0n) is 25.3. The highest BCUT2D eigenvalue weighted by atomic mass is 19.1. The van der Waals surface area contributed by atoms with E-state index in [0.717, 1.165) is 16.7 Å². The first-order chi connectivity index (χ1) is 21.8. The van der Waals surface area contributed by atoms with Crippen LogP contribution < -0.4 is 11.1 Å². The van der Waals surface area contributed by atoms with Crippen molar-refractivity contribution in [3.63, 3.8) is 0 Å². The Kier molecular flexibility index (Phi) is 7.79. The number of aliphatic hydroxyl groups excluding tert-OH is 2. The summed E-state index contributed by atoms with van der Waals surface area (Å²) in [6.45, 7) is 1.03. The molecule has 46 heavy (non-hydrogen) atoms. The summed E-state index contributed by atoms with van der Waals surface area (Å²) in [6, 6.07) is 16.1. The quantitative estimate of drug-likeness (QED) is 0.215. The largest absolute Gasteiger partial charge is 0.510 e. The summed E-state index contributed by atoms with van der Waals surface area (Å²) in [7, 11) is 3.17. The molecule has 1 amide bonds. The summed E-state index contributed by atoms with van der Waals surface area (Å²) in [6.07, 6.45) is 0.200. The number of hydrogen-bond acceptors (Lipinski definition) is 9. The molecule has 3 aromatic carbocycles. The molecule has 0 aliphatic heterocycles. The van der Waals surface area contributed by atoms with E-state index in [1.165, 1.54) is 23.1 Å². The number of phenolic OH excluding ortho intramolecular Hbond substituents is 1. The first-order valence-corrected chi connectivity index (χ1v) is 14.9. The third-order valence-corrected chi connectivity index (χ3v) is 9.42. The fraction of sp³-hybridized carbons (Fsp3) is 0.286. The number of rotatable bonds is 7. The number of aromatic hydroxyl groups is 1. The van der Waals surface area contributed by atoms with Crippen LogP contribution in [0.25, 0.3) is 11.1 Å². The van der Waals surface area contributed by atoms with Gasteiger partial charge in [0.25, 0.3) is 5.91 Å². The Bertz CT molecular complexity index is 1850. The van der Waals surface area contributed by atoms with E-state index in [-0.39, 0.29) is 35.5 Å². The van der Waals surface area contributed by atoms with Gasteiger partial charge in [0.2, 0.25) is 5.78 Å². The second kappa shape index (κ2) is 11.5. The van der Waals surface area contributed by atoms with Crippen LogP contribution in [-0.2, 0) is 29.1 Å². The number of fused-ring (bicyclic) bond motifs is 3. The number of primary amides is 1. The standard InChI is InChI=1S/C35H34FN3O7/c1-39(2)29-24-14-20-13-23-22(19-8-6-17(7-9-19)15-38-16-18-4-3-5-21(36)12-18)10-11-25(40)27(23)30(41)26(20)32(43)35(24,46)33(44)28(31(29)42)34(37)45/h3-12,20,24,29,38,40,42-43,46H,13-16H2,1-2H3,(H2,37,45)/t20-,24-,29+,35-/m0/s1. The Morgan fingerprint density at radius 2 is 1.72 bits per heavy atom. The Morgan fingerprint density at radius 1 is 1.02 bits per heavy atom. The number of aliphatic hydroxyl groups is 3. The third kappa shape index (κ3) is 4.87. The summed E-state index contributed by atoms with van der Waals surface area (Å²) in [5, 5.41) is 48.3. The van der Waals surface area contributed by atoms with Gasteiger partial charge in [-0.25, -0.2) is 4.39 Å². The fourth-order valence-corrected chi connectivity index (χ4v) is 7.32. The smallest absolute Gasteiger partial charge is 0.255 e. The molecule has 238 valence electrons. The lowest BCUT2D eigenvalue weighted by Gasteiger charge is -2.50. The Morgan fingerprint density at radius 3 is 2.37 bits per heavy atom. The second-order valence-corrected chi connectivity index (χ2v) is 12.4. The lowest BCUT2D eigenvalue weighted by molar-refractivity contribution is -0.148. The maximum absolute atomic E-state index is 14.0. The number of nitrogens with one attached hydrogen (secondary N) is 1. The van der Waals surface area contributed by atoms with E-state index in [1.807, 2.05) is 30.3 Å². The van der Waals surface area contributed by atoms with Gasteiger partial charge in [-0.2, -0.15) is 0 Å². The van der Waals surface area contributed by atoms with E-state index >= 15 is 0 Å². The van der Waals surface area contributed by atoms with Crippen LogP contribution in [0.1, 0.15) is 33.5 Å². The molecule has 6 rings (SSSR count). The average molecular weight is 628 g/mol. The van der Waals surface area contributed by atoms with Gasteiger partial charge in [-0.05, 0) is 78.9 Å².